The number of benzene rings is 3. The van der Waals surface area contributed by atoms with E-state index >= 15 is 0 Å². The van der Waals surface area contributed by atoms with E-state index in [1.165, 1.54) is 31.4 Å². The molecular weight excluding hydrogens is 519 g/mol. The summed E-state index contributed by atoms with van der Waals surface area (Å²) in [4.78, 5) is 12.0. The molecule has 0 atom stereocenters. The van der Waals surface area contributed by atoms with Gasteiger partial charge < -0.3 is 14.6 Å². The molecule has 4 bridgehead atoms. The van der Waals surface area contributed by atoms with Gasteiger partial charge in [-0.25, -0.2) is 17.6 Å². The van der Waals surface area contributed by atoms with Gasteiger partial charge in [-0.15, -0.1) is 0 Å². The van der Waals surface area contributed by atoms with E-state index in [0.717, 1.165) is 12.1 Å². The number of phenols is 1. The average Bonchev–Trinajstić information content (AvgIpc) is 2.78. The molecule has 4 rings (SSSR count). The molecule has 11 heteroatoms. The summed E-state index contributed by atoms with van der Waals surface area (Å²) in [6.45, 7) is -0.239. The largest absolute Gasteiger partial charge is 0.505 e. The van der Waals surface area contributed by atoms with Gasteiger partial charge >= 0.3 is 5.97 Å². The first-order valence-corrected chi connectivity index (χ1v) is 11.6. The lowest BCUT2D eigenvalue weighted by atomic mass is 9.97. The molecule has 8 nitrogen and oxygen atoms in total. The fourth-order valence-electron chi connectivity index (χ4n) is 3.40. The zero-order valence-corrected chi connectivity index (χ0v) is 19.3. The summed E-state index contributed by atoms with van der Waals surface area (Å²) in [6.07, 6.45) is 0. The number of aromatic hydroxyl groups is 1. The normalized spacial score (nSPS) is 14.3. The maximum atomic E-state index is 14.9. The third-order valence-electron chi connectivity index (χ3n) is 4.95. The fourth-order valence-corrected chi connectivity index (χ4v) is 5.18. The van der Waals surface area contributed by atoms with Crippen LogP contribution in [0.25, 0.3) is 11.1 Å². The first-order valence-electron chi connectivity index (χ1n) is 9.28. The highest BCUT2D eigenvalue weighted by Gasteiger charge is 2.27. The van der Waals surface area contributed by atoms with Crippen LogP contribution in [0, 0.1) is 17.1 Å². The second-order valence-corrected chi connectivity index (χ2v) is 9.51. The molecule has 0 aromatic heterocycles. The minimum Gasteiger partial charge on any atom is -0.505 e. The van der Waals surface area contributed by atoms with Crippen LogP contribution in [-0.2, 0) is 21.4 Å². The lowest BCUT2D eigenvalue weighted by Gasteiger charge is -2.16. The van der Waals surface area contributed by atoms with Crippen LogP contribution >= 0.6 is 15.9 Å². The van der Waals surface area contributed by atoms with E-state index in [-0.39, 0.29) is 39.2 Å². The number of nitriles is 1. The highest BCUT2D eigenvalue weighted by Crippen LogP contribution is 2.39. The number of hydrogen-bond acceptors (Lipinski definition) is 7. The second kappa shape index (κ2) is 8.38. The minimum absolute atomic E-state index is 0.0573. The van der Waals surface area contributed by atoms with E-state index in [1.807, 2.05) is 6.07 Å². The highest BCUT2D eigenvalue weighted by atomic mass is 79.9. The lowest BCUT2D eigenvalue weighted by Crippen LogP contribution is -2.15. The first-order chi connectivity index (χ1) is 15.6. The van der Waals surface area contributed by atoms with Crippen LogP contribution in [0.2, 0.25) is 0 Å². The maximum Gasteiger partial charge on any atom is 0.338 e. The van der Waals surface area contributed by atoms with Gasteiger partial charge in [-0.05, 0) is 69.0 Å². The molecule has 0 fully saturated rings. The van der Waals surface area contributed by atoms with Crippen molar-refractivity contribution in [2.24, 2.45) is 0 Å². The minimum atomic E-state index is -4.51. The Kier molecular flexibility index (Phi) is 5.73. The number of ether oxygens (including phenoxy) is 2. The standard InChI is InChI=1S/C22H14BrFN2O6S/c1-31-21-17(24)6-13-7-18(21)26-33(29,30)19-8-14(5-16(23)20(19)27)22(28)32-10-12-3-2-11(9-25)4-15(12)13/h2-8,26-27H,10H2,1H3. The highest BCUT2D eigenvalue weighted by molar-refractivity contribution is 9.10. The summed E-state index contributed by atoms with van der Waals surface area (Å²) in [6, 6.07) is 11.2. The zero-order chi connectivity index (χ0) is 23.9. The van der Waals surface area contributed by atoms with Gasteiger partial charge in [-0.2, -0.15) is 5.26 Å². The number of nitrogens with one attached hydrogen (secondary N) is 1. The lowest BCUT2D eigenvalue weighted by molar-refractivity contribution is 0.0473. The molecular formula is C22H14BrFN2O6S. The quantitative estimate of drug-likeness (QED) is 0.447. The zero-order valence-electron chi connectivity index (χ0n) is 16.8. The predicted molar refractivity (Wildman–Crippen MR) is 119 cm³/mol. The van der Waals surface area contributed by atoms with Crippen molar-refractivity contribution in [2.75, 3.05) is 11.8 Å². The SMILES string of the molecule is COc1c(F)cc2cc1NS(=O)(=O)c1cc(cc(Br)c1O)C(=O)OCc1ccc(C#N)cc1-2. The summed E-state index contributed by atoms with van der Waals surface area (Å²) >= 11 is 3.04. The number of nitrogens with zero attached hydrogens (tertiary/aromatic N) is 1. The number of anilines is 1. The van der Waals surface area contributed by atoms with Gasteiger partial charge in [-0.3, -0.25) is 4.72 Å². The van der Waals surface area contributed by atoms with Crippen molar-refractivity contribution >= 4 is 37.6 Å². The van der Waals surface area contributed by atoms with Gasteiger partial charge in [0.15, 0.2) is 11.6 Å². The monoisotopic (exact) mass is 532 g/mol. The van der Waals surface area contributed by atoms with Crippen molar-refractivity contribution in [1.82, 2.24) is 0 Å². The number of fused-ring (bicyclic) bond motifs is 6. The van der Waals surface area contributed by atoms with Crippen LogP contribution in [0.1, 0.15) is 21.5 Å². The molecule has 168 valence electrons. The van der Waals surface area contributed by atoms with E-state index in [2.05, 4.69) is 20.7 Å². The van der Waals surface area contributed by atoms with Crippen molar-refractivity contribution in [2.45, 2.75) is 11.5 Å². The van der Waals surface area contributed by atoms with Gasteiger partial charge in [0.05, 0.1) is 34.5 Å². The van der Waals surface area contributed by atoms with Crippen molar-refractivity contribution in [3.8, 4) is 28.7 Å². The number of rotatable bonds is 1. The predicted octanol–water partition coefficient (Wildman–Crippen LogP) is 4.31. The Labute approximate surface area is 196 Å². The van der Waals surface area contributed by atoms with Gasteiger partial charge in [0, 0.05) is 0 Å². The van der Waals surface area contributed by atoms with E-state index in [4.69, 9.17) is 9.47 Å². The van der Waals surface area contributed by atoms with Crippen molar-refractivity contribution in [1.29, 1.82) is 5.26 Å². The fraction of sp³-hybridized carbons (Fsp3) is 0.0909. The van der Waals surface area contributed by atoms with E-state index in [0.29, 0.717) is 11.1 Å². The summed E-state index contributed by atoms with van der Waals surface area (Å²) < 4.78 is 53.7. The van der Waals surface area contributed by atoms with Crippen LogP contribution in [-0.4, -0.2) is 26.6 Å². The van der Waals surface area contributed by atoms with Gasteiger partial charge in [-0.1, -0.05) is 6.07 Å². The number of hydrogen-bond donors (Lipinski definition) is 2. The smallest absolute Gasteiger partial charge is 0.338 e. The van der Waals surface area contributed by atoms with Gasteiger partial charge in [0.25, 0.3) is 10.0 Å². The molecule has 0 radical (unpaired) electrons. The number of phenolic OH excluding ortho intramolecular Hbond substituents is 1. The summed E-state index contributed by atoms with van der Waals surface area (Å²) in [5, 5.41) is 19.6. The molecule has 3 aromatic rings. The molecule has 2 N–H and O–H groups in total. The Hall–Kier alpha value is -3.62. The molecule has 0 amide bonds. The van der Waals surface area contributed by atoms with Crippen LogP contribution in [0.3, 0.4) is 0 Å². The Balaban J connectivity index is 2.05. The number of halogens is 2. The first kappa shape index (κ1) is 22.6. The van der Waals surface area contributed by atoms with Crippen LogP contribution < -0.4 is 9.46 Å². The van der Waals surface area contributed by atoms with Crippen LogP contribution in [0.4, 0.5) is 10.1 Å². The van der Waals surface area contributed by atoms with Crippen LogP contribution in [0.5, 0.6) is 11.5 Å². The van der Waals surface area contributed by atoms with Gasteiger partial charge in [0.1, 0.15) is 17.3 Å². The Morgan fingerprint density at radius 1 is 1.21 bits per heavy atom. The van der Waals surface area contributed by atoms with Crippen molar-refractivity contribution < 1.29 is 32.2 Å². The Morgan fingerprint density at radius 3 is 2.67 bits per heavy atom. The Morgan fingerprint density at radius 2 is 1.97 bits per heavy atom. The van der Waals surface area contributed by atoms with Crippen molar-refractivity contribution in [3.05, 3.63) is 69.4 Å². The summed E-state index contributed by atoms with van der Waals surface area (Å²) in [7, 11) is -3.34. The van der Waals surface area contributed by atoms with Crippen molar-refractivity contribution in [3.63, 3.8) is 0 Å². The molecule has 0 unspecified atom stereocenters. The van der Waals surface area contributed by atoms with Gasteiger partial charge in [0.2, 0.25) is 0 Å². The van der Waals surface area contributed by atoms with E-state index in [1.54, 1.807) is 6.07 Å². The molecule has 0 spiro atoms. The average molecular weight is 533 g/mol. The maximum absolute atomic E-state index is 14.9. The molecule has 0 saturated carbocycles. The third kappa shape index (κ3) is 4.10. The molecule has 0 saturated heterocycles. The molecule has 1 aliphatic rings. The van der Waals surface area contributed by atoms with Crippen LogP contribution in [0.15, 0.2) is 51.8 Å². The molecule has 33 heavy (non-hydrogen) atoms. The Bertz CT molecular complexity index is 1470. The molecule has 1 heterocycles. The number of carbonyl (C=O) groups excluding carboxylic acids is 1. The second-order valence-electron chi connectivity index (χ2n) is 7.01. The summed E-state index contributed by atoms with van der Waals surface area (Å²) in [5.41, 5.74) is 0.915. The molecule has 3 aromatic carbocycles. The number of cyclic esters (lactones) is 1. The number of carbonyl (C=O) groups is 1. The van der Waals surface area contributed by atoms with E-state index in [9.17, 15) is 28.0 Å². The number of sulfonamides is 1. The topological polar surface area (TPSA) is 126 Å². The number of esters is 1. The molecule has 0 aliphatic carbocycles. The molecule has 1 aliphatic heterocycles. The number of methoxy groups -OCH3 is 1. The third-order valence-corrected chi connectivity index (χ3v) is 6.94. The van der Waals surface area contributed by atoms with E-state index < -0.39 is 32.5 Å². The summed E-state index contributed by atoms with van der Waals surface area (Å²) in [5.74, 6) is -2.74.